The zero-order valence-electron chi connectivity index (χ0n) is 10.6. The van der Waals surface area contributed by atoms with Crippen molar-refractivity contribution in [1.29, 1.82) is 0 Å². The first-order chi connectivity index (χ1) is 9.95. The van der Waals surface area contributed by atoms with Crippen LogP contribution < -0.4 is 15.6 Å². The Bertz CT molecular complexity index is 615. The Balaban J connectivity index is 1.92. The molecule has 0 spiro atoms. The van der Waals surface area contributed by atoms with E-state index < -0.39 is 17.8 Å². The number of para-hydroxylation sites is 1. The standard InChI is InChI=1S/C14H11F3N2O2/c15-14(16,17)10-5-4-6-11(9-10)18-19-13(20)21-12-7-2-1-3-8-12/h1-9,18H,(H,19,20). The van der Waals surface area contributed by atoms with Crippen molar-refractivity contribution in [2.75, 3.05) is 5.43 Å². The number of ether oxygens (including phenoxy) is 1. The number of amides is 1. The first-order valence-corrected chi connectivity index (χ1v) is 5.91. The minimum Gasteiger partial charge on any atom is -0.409 e. The molecule has 0 bridgehead atoms. The Morgan fingerprint density at radius 2 is 1.71 bits per heavy atom. The summed E-state index contributed by atoms with van der Waals surface area (Å²) in [5, 5.41) is 0. The smallest absolute Gasteiger partial charge is 0.409 e. The van der Waals surface area contributed by atoms with Gasteiger partial charge in [0.2, 0.25) is 0 Å². The van der Waals surface area contributed by atoms with Gasteiger partial charge < -0.3 is 4.74 Å². The van der Waals surface area contributed by atoms with Gasteiger partial charge in [-0.15, -0.1) is 0 Å². The molecule has 0 unspecified atom stereocenters. The summed E-state index contributed by atoms with van der Waals surface area (Å²) < 4.78 is 42.4. The fourth-order valence-corrected chi connectivity index (χ4v) is 1.52. The van der Waals surface area contributed by atoms with E-state index in [0.717, 1.165) is 12.1 Å². The van der Waals surface area contributed by atoms with E-state index in [1.165, 1.54) is 12.1 Å². The predicted octanol–water partition coefficient (Wildman–Crippen LogP) is 3.82. The molecule has 21 heavy (non-hydrogen) atoms. The third-order valence-electron chi connectivity index (χ3n) is 2.45. The van der Waals surface area contributed by atoms with E-state index in [9.17, 15) is 18.0 Å². The Hall–Kier alpha value is -2.70. The van der Waals surface area contributed by atoms with Gasteiger partial charge in [0.1, 0.15) is 5.75 Å². The van der Waals surface area contributed by atoms with Gasteiger partial charge in [-0.2, -0.15) is 13.2 Å². The molecule has 0 atom stereocenters. The molecule has 2 N–H and O–H groups in total. The molecule has 0 saturated carbocycles. The Morgan fingerprint density at radius 1 is 1.00 bits per heavy atom. The van der Waals surface area contributed by atoms with Gasteiger partial charge in [-0.1, -0.05) is 24.3 Å². The van der Waals surface area contributed by atoms with E-state index >= 15 is 0 Å². The van der Waals surface area contributed by atoms with Gasteiger partial charge >= 0.3 is 12.3 Å². The lowest BCUT2D eigenvalue weighted by molar-refractivity contribution is -0.137. The van der Waals surface area contributed by atoms with Crippen LogP contribution in [0.2, 0.25) is 0 Å². The molecule has 0 fully saturated rings. The number of halogens is 3. The summed E-state index contributed by atoms with van der Waals surface area (Å²) >= 11 is 0. The van der Waals surface area contributed by atoms with E-state index in [2.05, 4.69) is 10.9 Å². The molecule has 110 valence electrons. The highest BCUT2D eigenvalue weighted by atomic mass is 19.4. The fraction of sp³-hybridized carbons (Fsp3) is 0.0714. The molecule has 4 nitrogen and oxygen atoms in total. The van der Waals surface area contributed by atoms with Crippen LogP contribution in [0.1, 0.15) is 5.56 Å². The van der Waals surface area contributed by atoms with Gasteiger partial charge in [-0.25, -0.2) is 10.2 Å². The second kappa shape index (κ2) is 6.17. The van der Waals surface area contributed by atoms with Gasteiger partial charge in [0.25, 0.3) is 0 Å². The molecule has 0 aliphatic rings. The van der Waals surface area contributed by atoms with Crippen molar-refractivity contribution in [3.8, 4) is 5.75 Å². The zero-order valence-corrected chi connectivity index (χ0v) is 10.6. The fourth-order valence-electron chi connectivity index (χ4n) is 1.52. The molecular formula is C14H11F3N2O2. The Kier molecular flexibility index (Phi) is 4.32. The molecule has 2 rings (SSSR count). The highest BCUT2D eigenvalue weighted by Crippen LogP contribution is 2.30. The number of hydrogen-bond acceptors (Lipinski definition) is 3. The number of hydrazine groups is 1. The van der Waals surface area contributed by atoms with Crippen molar-refractivity contribution >= 4 is 11.8 Å². The summed E-state index contributed by atoms with van der Waals surface area (Å²) in [4.78, 5) is 11.4. The number of carbonyl (C=O) groups is 1. The Morgan fingerprint density at radius 3 is 2.38 bits per heavy atom. The first kappa shape index (κ1) is 14.7. The third kappa shape index (κ3) is 4.41. The van der Waals surface area contributed by atoms with E-state index in [1.807, 2.05) is 0 Å². The number of anilines is 1. The highest BCUT2D eigenvalue weighted by molar-refractivity contribution is 5.72. The maximum absolute atomic E-state index is 12.5. The molecule has 0 radical (unpaired) electrons. The quantitative estimate of drug-likeness (QED) is 0.847. The summed E-state index contributed by atoms with van der Waals surface area (Å²) in [5.74, 6) is 0.320. The SMILES string of the molecule is O=C(NNc1cccc(C(F)(F)F)c1)Oc1ccccc1. The summed E-state index contributed by atoms with van der Waals surface area (Å²) in [6, 6.07) is 12.7. The lowest BCUT2D eigenvalue weighted by atomic mass is 10.2. The maximum atomic E-state index is 12.5. The van der Waals surface area contributed by atoms with Crippen LogP contribution in [0.4, 0.5) is 23.7 Å². The van der Waals surface area contributed by atoms with Crippen LogP contribution in [-0.4, -0.2) is 6.09 Å². The molecule has 2 aromatic carbocycles. The van der Waals surface area contributed by atoms with Gasteiger partial charge in [-0.3, -0.25) is 5.43 Å². The predicted molar refractivity (Wildman–Crippen MR) is 70.7 cm³/mol. The second-order valence-corrected chi connectivity index (χ2v) is 4.03. The summed E-state index contributed by atoms with van der Waals surface area (Å²) in [6.07, 6.45) is -5.28. The summed E-state index contributed by atoms with van der Waals surface area (Å²) in [7, 11) is 0. The van der Waals surface area contributed by atoms with Crippen LogP contribution in [-0.2, 0) is 6.18 Å². The Labute approximate surface area is 118 Å². The number of alkyl halides is 3. The van der Waals surface area contributed by atoms with E-state index in [1.54, 1.807) is 30.3 Å². The average Bonchev–Trinajstić information content (AvgIpc) is 2.46. The topological polar surface area (TPSA) is 50.4 Å². The van der Waals surface area contributed by atoms with Crippen molar-refractivity contribution in [2.45, 2.75) is 6.18 Å². The van der Waals surface area contributed by atoms with Crippen LogP contribution in [0, 0.1) is 0 Å². The number of rotatable bonds is 3. The summed E-state index contributed by atoms with van der Waals surface area (Å²) in [6.45, 7) is 0. The van der Waals surface area contributed by atoms with Crippen molar-refractivity contribution in [3.05, 3.63) is 60.2 Å². The summed E-state index contributed by atoms with van der Waals surface area (Å²) in [5.41, 5.74) is 3.78. The van der Waals surface area contributed by atoms with Crippen molar-refractivity contribution < 1.29 is 22.7 Å². The van der Waals surface area contributed by atoms with Crippen LogP contribution in [0.15, 0.2) is 54.6 Å². The maximum Gasteiger partial charge on any atom is 0.431 e. The van der Waals surface area contributed by atoms with Crippen molar-refractivity contribution in [2.24, 2.45) is 0 Å². The molecule has 7 heteroatoms. The molecule has 0 heterocycles. The zero-order chi connectivity index (χ0) is 15.3. The molecule has 1 amide bonds. The molecular weight excluding hydrogens is 285 g/mol. The van der Waals surface area contributed by atoms with Crippen molar-refractivity contribution in [3.63, 3.8) is 0 Å². The van der Waals surface area contributed by atoms with Crippen LogP contribution in [0.3, 0.4) is 0 Å². The molecule has 0 aromatic heterocycles. The first-order valence-electron chi connectivity index (χ1n) is 5.91. The van der Waals surface area contributed by atoms with Crippen LogP contribution in [0.5, 0.6) is 5.75 Å². The minimum atomic E-state index is -4.44. The highest BCUT2D eigenvalue weighted by Gasteiger charge is 2.30. The van der Waals surface area contributed by atoms with Crippen LogP contribution >= 0.6 is 0 Å². The number of benzene rings is 2. The van der Waals surface area contributed by atoms with E-state index in [0.29, 0.717) is 5.75 Å². The van der Waals surface area contributed by atoms with Gasteiger partial charge in [0.15, 0.2) is 0 Å². The normalized spacial score (nSPS) is 10.8. The van der Waals surface area contributed by atoms with Gasteiger partial charge in [0.05, 0.1) is 11.3 Å². The van der Waals surface area contributed by atoms with Crippen LogP contribution in [0.25, 0.3) is 0 Å². The van der Waals surface area contributed by atoms with Gasteiger partial charge in [-0.05, 0) is 30.3 Å². The van der Waals surface area contributed by atoms with E-state index in [4.69, 9.17) is 4.74 Å². The molecule has 0 saturated heterocycles. The molecule has 2 aromatic rings. The van der Waals surface area contributed by atoms with E-state index in [-0.39, 0.29) is 5.69 Å². The van der Waals surface area contributed by atoms with Crippen molar-refractivity contribution in [1.82, 2.24) is 5.43 Å². The monoisotopic (exact) mass is 296 g/mol. The number of carbonyl (C=O) groups excluding carboxylic acids is 1. The largest absolute Gasteiger partial charge is 0.431 e. The lowest BCUT2D eigenvalue weighted by Gasteiger charge is -2.11. The van der Waals surface area contributed by atoms with Gasteiger partial charge in [0, 0.05) is 0 Å². The average molecular weight is 296 g/mol. The minimum absolute atomic E-state index is 0.0924. The number of hydrogen-bond donors (Lipinski definition) is 2. The third-order valence-corrected chi connectivity index (χ3v) is 2.45. The number of nitrogens with one attached hydrogen (secondary N) is 2. The lowest BCUT2D eigenvalue weighted by Crippen LogP contribution is -2.32. The second-order valence-electron chi connectivity index (χ2n) is 4.03. The molecule has 0 aliphatic heterocycles. The molecule has 0 aliphatic carbocycles.